The van der Waals surface area contributed by atoms with E-state index in [-0.39, 0.29) is 0 Å². The lowest BCUT2D eigenvalue weighted by molar-refractivity contribution is 0.262. The Labute approximate surface area is 143 Å². The molecule has 23 heavy (non-hydrogen) atoms. The van der Waals surface area contributed by atoms with Crippen molar-refractivity contribution in [1.29, 1.82) is 0 Å². The Hall–Kier alpha value is -2.30. The normalized spacial score (nSPS) is 10.6. The first-order valence-electron chi connectivity index (χ1n) is 6.93. The third-order valence-electron chi connectivity index (χ3n) is 3.29. The zero-order valence-electron chi connectivity index (χ0n) is 12.2. The molecule has 0 spiro atoms. The number of benzene rings is 2. The summed E-state index contributed by atoms with van der Waals surface area (Å²) in [5.41, 5.74) is 2.78. The highest BCUT2D eigenvalue weighted by atomic mass is 35.5. The largest absolute Gasteiger partial charge is 0.323 e. The lowest BCUT2D eigenvalue weighted by Crippen LogP contribution is -2.20. The minimum absolute atomic E-state index is 0.306. The van der Waals surface area contributed by atoms with E-state index in [0.29, 0.717) is 21.4 Å². The van der Waals surface area contributed by atoms with E-state index >= 15 is 0 Å². The van der Waals surface area contributed by atoms with Gasteiger partial charge in [0.25, 0.3) is 0 Å². The highest BCUT2D eigenvalue weighted by Gasteiger charge is 2.10. The number of nitrogens with zero attached hydrogens (tertiary/aromatic N) is 1. The van der Waals surface area contributed by atoms with Crippen LogP contribution < -0.4 is 10.6 Å². The van der Waals surface area contributed by atoms with E-state index in [1.807, 2.05) is 37.3 Å². The molecule has 2 aromatic carbocycles. The highest BCUT2D eigenvalue weighted by Crippen LogP contribution is 2.30. The van der Waals surface area contributed by atoms with Gasteiger partial charge in [-0.3, -0.25) is 4.98 Å². The third kappa shape index (κ3) is 3.38. The van der Waals surface area contributed by atoms with Crippen molar-refractivity contribution >= 4 is 51.5 Å². The van der Waals surface area contributed by atoms with Gasteiger partial charge in [-0.15, -0.1) is 0 Å². The minimum atomic E-state index is -0.398. The smallest absolute Gasteiger partial charge is 0.307 e. The molecule has 0 bridgehead atoms. The number of hydrogen-bond donors (Lipinski definition) is 2. The van der Waals surface area contributed by atoms with Crippen molar-refractivity contribution in [3.05, 3.63) is 64.3 Å². The van der Waals surface area contributed by atoms with Gasteiger partial charge in [-0.25, -0.2) is 4.79 Å². The molecule has 116 valence electrons. The quantitative estimate of drug-likeness (QED) is 0.644. The molecule has 0 radical (unpaired) electrons. The Bertz CT molecular complexity index is 896. The second-order valence-corrected chi connectivity index (χ2v) is 5.79. The van der Waals surface area contributed by atoms with Crippen molar-refractivity contribution in [2.24, 2.45) is 0 Å². The van der Waals surface area contributed by atoms with Crippen LogP contribution >= 0.6 is 23.2 Å². The molecule has 0 saturated carbocycles. The predicted octanol–water partition coefficient (Wildman–Crippen LogP) is 5.49. The maximum absolute atomic E-state index is 12.3. The zero-order chi connectivity index (χ0) is 16.4. The first kappa shape index (κ1) is 15.6. The summed E-state index contributed by atoms with van der Waals surface area (Å²) in [6.07, 6.45) is 0. The average Bonchev–Trinajstić information content (AvgIpc) is 2.51. The molecule has 2 N–H and O–H groups in total. The molecule has 0 atom stereocenters. The molecule has 3 aromatic rings. The second kappa shape index (κ2) is 6.44. The van der Waals surface area contributed by atoms with Gasteiger partial charge in [-0.2, -0.15) is 0 Å². The molecular weight excluding hydrogens is 333 g/mol. The highest BCUT2D eigenvalue weighted by molar-refractivity contribution is 6.44. The molecule has 0 aliphatic carbocycles. The predicted molar refractivity (Wildman–Crippen MR) is 95.6 cm³/mol. The lowest BCUT2D eigenvalue weighted by atomic mass is 10.1. The second-order valence-electron chi connectivity index (χ2n) is 5.01. The number of halogens is 2. The average molecular weight is 346 g/mol. The van der Waals surface area contributed by atoms with E-state index in [0.717, 1.165) is 16.6 Å². The van der Waals surface area contributed by atoms with E-state index < -0.39 is 6.03 Å². The van der Waals surface area contributed by atoms with Gasteiger partial charge >= 0.3 is 6.03 Å². The lowest BCUT2D eigenvalue weighted by Gasteiger charge is -2.12. The molecule has 4 nitrogen and oxygen atoms in total. The molecule has 1 heterocycles. The van der Waals surface area contributed by atoms with E-state index in [2.05, 4.69) is 15.6 Å². The van der Waals surface area contributed by atoms with Gasteiger partial charge in [-0.1, -0.05) is 47.5 Å². The number of nitrogens with one attached hydrogen (secondary N) is 2. The number of carbonyl (C=O) groups is 1. The number of carbonyl (C=O) groups excluding carboxylic acids is 1. The topological polar surface area (TPSA) is 54.0 Å². The summed E-state index contributed by atoms with van der Waals surface area (Å²) < 4.78 is 0. The Morgan fingerprint density at radius 1 is 1.00 bits per heavy atom. The summed E-state index contributed by atoms with van der Waals surface area (Å²) in [5, 5.41) is 7.08. The Kier molecular flexibility index (Phi) is 4.37. The molecule has 0 unspecified atom stereocenters. The molecule has 2 amide bonds. The number of hydrogen-bond acceptors (Lipinski definition) is 2. The van der Waals surface area contributed by atoms with Crippen molar-refractivity contribution in [1.82, 2.24) is 4.98 Å². The van der Waals surface area contributed by atoms with Gasteiger partial charge in [0.15, 0.2) is 0 Å². The number of aryl methyl sites for hydroxylation is 1. The molecule has 3 rings (SSSR count). The maximum Gasteiger partial charge on any atom is 0.323 e. The molecule has 0 aliphatic rings. The number of pyridine rings is 1. The fraction of sp³-hybridized carbons (Fsp3) is 0.0588. The van der Waals surface area contributed by atoms with E-state index in [9.17, 15) is 4.79 Å². The van der Waals surface area contributed by atoms with Gasteiger partial charge in [0.2, 0.25) is 0 Å². The van der Waals surface area contributed by atoms with Crippen LogP contribution in [-0.4, -0.2) is 11.0 Å². The monoisotopic (exact) mass is 345 g/mol. The number of aromatic nitrogens is 1. The molecular formula is C17H13Cl2N3O. The van der Waals surface area contributed by atoms with Gasteiger partial charge in [0.1, 0.15) is 0 Å². The summed E-state index contributed by atoms with van der Waals surface area (Å²) in [4.78, 5) is 16.7. The first-order chi connectivity index (χ1) is 11.0. The van der Waals surface area contributed by atoms with Gasteiger partial charge in [-0.05, 0) is 31.2 Å². The fourth-order valence-electron chi connectivity index (χ4n) is 2.29. The standard InChI is InChI=1S/C17H13Cl2N3O/c1-10-9-15(11-5-2-3-7-13(11)20-10)22-17(23)21-14-8-4-6-12(18)16(14)19/h2-9H,1H3,(H2,20,21,22,23). The number of urea groups is 1. The zero-order valence-corrected chi connectivity index (χ0v) is 13.7. The number of anilines is 2. The van der Waals surface area contributed by atoms with Crippen LogP contribution in [0.15, 0.2) is 48.5 Å². The minimum Gasteiger partial charge on any atom is -0.307 e. The van der Waals surface area contributed by atoms with Gasteiger partial charge < -0.3 is 10.6 Å². The van der Waals surface area contributed by atoms with Crippen LogP contribution in [0.5, 0.6) is 0 Å². The molecule has 0 fully saturated rings. The van der Waals surface area contributed by atoms with E-state index in [1.165, 1.54) is 0 Å². The van der Waals surface area contributed by atoms with Crippen LogP contribution in [0.25, 0.3) is 10.9 Å². The van der Waals surface area contributed by atoms with Crippen LogP contribution in [0.2, 0.25) is 10.0 Å². The summed E-state index contributed by atoms with van der Waals surface area (Å²) in [6, 6.07) is 14.1. The van der Waals surface area contributed by atoms with Crippen molar-refractivity contribution in [2.45, 2.75) is 6.92 Å². The van der Waals surface area contributed by atoms with Crippen molar-refractivity contribution in [3.8, 4) is 0 Å². The Morgan fingerprint density at radius 3 is 2.57 bits per heavy atom. The SMILES string of the molecule is Cc1cc(NC(=O)Nc2cccc(Cl)c2Cl)c2ccccc2n1. The van der Waals surface area contributed by atoms with Crippen molar-refractivity contribution in [2.75, 3.05) is 10.6 Å². The number of para-hydroxylation sites is 1. The first-order valence-corrected chi connectivity index (χ1v) is 7.68. The fourth-order valence-corrected chi connectivity index (χ4v) is 2.64. The van der Waals surface area contributed by atoms with E-state index in [4.69, 9.17) is 23.2 Å². The Balaban J connectivity index is 1.87. The van der Waals surface area contributed by atoms with Crippen LogP contribution in [0, 0.1) is 6.92 Å². The van der Waals surface area contributed by atoms with Gasteiger partial charge in [0, 0.05) is 11.1 Å². The van der Waals surface area contributed by atoms with Crippen LogP contribution in [0.3, 0.4) is 0 Å². The maximum atomic E-state index is 12.3. The Morgan fingerprint density at radius 2 is 1.74 bits per heavy atom. The molecule has 0 saturated heterocycles. The van der Waals surface area contributed by atoms with Crippen molar-refractivity contribution < 1.29 is 4.79 Å². The van der Waals surface area contributed by atoms with Crippen LogP contribution in [0.1, 0.15) is 5.69 Å². The summed E-state index contributed by atoms with van der Waals surface area (Å²) >= 11 is 12.0. The summed E-state index contributed by atoms with van der Waals surface area (Å²) in [5.74, 6) is 0. The van der Waals surface area contributed by atoms with Crippen molar-refractivity contribution in [3.63, 3.8) is 0 Å². The third-order valence-corrected chi connectivity index (χ3v) is 4.11. The van der Waals surface area contributed by atoms with Crippen LogP contribution in [0.4, 0.5) is 16.2 Å². The molecule has 0 aliphatic heterocycles. The molecule has 1 aromatic heterocycles. The summed E-state index contributed by atoms with van der Waals surface area (Å²) in [6.45, 7) is 1.88. The number of amides is 2. The number of rotatable bonds is 2. The molecule has 6 heteroatoms. The van der Waals surface area contributed by atoms with Gasteiger partial charge in [0.05, 0.1) is 26.9 Å². The van der Waals surface area contributed by atoms with Crippen LogP contribution in [-0.2, 0) is 0 Å². The summed E-state index contributed by atoms with van der Waals surface area (Å²) in [7, 11) is 0. The van der Waals surface area contributed by atoms with E-state index in [1.54, 1.807) is 18.2 Å². The number of fused-ring (bicyclic) bond motifs is 1.